The molecule has 0 spiro atoms. The van der Waals surface area contributed by atoms with Crippen molar-refractivity contribution < 1.29 is 33.0 Å². The van der Waals surface area contributed by atoms with Crippen LogP contribution in [0.4, 0.5) is 4.39 Å². The number of benzene rings is 1. The zero-order chi connectivity index (χ0) is 17.4. The molecule has 1 amide bonds. The molecule has 124 valence electrons. The lowest BCUT2D eigenvalue weighted by Gasteiger charge is -2.16. The summed E-state index contributed by atoms with van der Waals surface area (Å²) in [5, 5.41) is 2.28. The molecule has 7 nitrogen and oxygen atoms in total. The van der Waals surface area contributed by atoms with Crippen molar-refractivity contribution in [1.29, 1.82) is 0 Å². The van der Waals surface area contributed by atoms with E-state index in [1.165, 1.54) is 13.2 Å². The first-order chi connectivity index (χ1) is 10.9. The van der Waals surface area contributed by atoms with Gasteiger partial charge in [-0.1, -0.05) is 0 Å². The van der Waals surface area contributed by atoms with Crippen LogP contribution in [-0.4, -0.2) is 44.4 Å². The first kappa shape index (κ1) is 18.3. The predicted octanol–water partition coefficient (Wildman–Crippen LogP) is 0.863. The molecule has 0 unspecified atom stereocenters. The van der Waals surface area contributed by atoms with Gasteiger partial charge in [0.05, 0.1) is 19.8 Å². The molecule has 0 radical (unpaired) electrons. The van der Waals surface area contributed by atoms with E-state index in [1.807, 2.05) is 0 Å². The van der Waals surface area contributed by atoms with Gasteiger partial charge in [0.1, 0.15) is 18.1 Å². The van der Waals surface area contributed by atoms with E-state index >= 15 is 0 Å². The second kappa shape index (κ2) is 8.62. The van der Waals surface area contributed by atoms with Gasteiger partial charge in [0.25, 0.3) is 5.91 Å². The van der Waals surface area contributed by atoms with Crippen LogP contribution in [0.1, 0.15) is 33.6 Å². The summed E-state index contributed by atoms with van der Waals surface area (Å²) in [5.74, 6) is -3.09. The molecule has 0 aliphatic heterocycles. The summed E-state index contributed by atoms with van der Waals surface area (Å²) in [7, 11) is 2.31. The van der Waals surface area contributed by atoms with Gasteiger partial charge in [-0.05, 0) is 24.6 Å². The fourth-order valence-corrected chi connectivity index (χ4v) is 1.78. The van der Waals surface area contributed by atoms with Gasteiger partial charge in [-0.2, -0.15) is 0 Å². The standard InChI is InChI=1S/C15H16FNO6/c1-22-13(19)6-5-12(15(21)23-2)17-14(20)10-7-9(8-18)3-4-11(10)16/h3-4,7-8,12H,5-6H2,1-2H3,(H,17,20)/t12-/m1/s1. The first-order valence-corrected chi connectivity index (χ1v) is 6.63. The Morgan fingerprint density at radius 2 is 1.96 bits per heavy atom. The number of nitrogens with one attached hydrogen (secondary N) is 1. The van der Waals surface area contributed by atoms with Gasteiger partial charge in [0.2, 0.25) is 0 Å². The van der Waals surface area contributed by atoms with Crippen LogP contribution in [0, 0.1) is 5.82 Å². The molecular weight excluding hydrogens is 309 g/mol. The number of hydrogen-bond acceptors (Lipinski definition) is 6. The summed E-state index contributed by atoms with van der Waals surface area (Å²) in [6, 6.07) is 2.10. The smallest absolute Gasteiger partial charge is 0.328 e. The molecule has 1 rings (SSSR count). The minimum Gasteiger partial charge on any atom is -0.469 e. The first-order valence-electron chi connectivity index (χ1n) is 6.63. The van der Waals surface area contributed by atoms with Crippen molar-refractivity contribution in [3.63, 3.8) is 0 Å². The summed E-state index contributed by atoms with van der Waals surface area (Å²) in [5.41, 5.74) is -0.276. The van der Waals surface area contributed by atoms with Crippen molar-refractivity contribution in [2.24, 2.45) is 0 Å². The maximum absolute atomic E-state index is 13.7. The number of esters is 2. The third kappa shape index (κ3) is 5.17. The topological polar surface area (TPSA) is 98.8 Å². The van der Waals surface area contributed by atoms with Crippen LogP contribution in [0.3, 0.4) is 0 Å². The van der Waals surface area contributed by atoms with E-state index in [2.05, 4.69) is 14.8 Å². The highest BCUT2D eigenvalue weighted by molar-refractivity contribution is 5.98. The third-order valence-corrected chi connectivity index (χ3v) is 3.03. The van der Waals surface area contributed by atoms with Crippen molar-refractivity contribution >= 4 is 24.1 Å². The van der Waals surface area contributed by atoms with Crippen LogP contribution in [0.5, 0.6) is 0 Å². The molecule has 0 bridgehead atoms. The summed E-state index contributed by atoms with van der Waals surface area (Å²) in [6.07, 6.45) is 0.263. The van der Waals surface area contributed by atoms with Gasteiger partial charge >= 0.3 is 11.9 Å². The lowest BCUT2D eigenvalue weighted by molar-refractivity contribution is -0.144. The number of aldehydes is 1. The van der Waals surface area contributed by atoms with E-state index < -0.39 is 29.7 Å². The van der Waals surface area contributed by atoms with Gasteiger partial charge < -0.3 is 14.8 Å². The average molecular weight is 325 g/mol. The molecule has 0 aliphatic carbocycles. The Bertz CT molecular complexity index is 616. The number of halogens is 1. The van der Waals surface area contributed by atoms with Crippen molar-refractivity contribution in [2.45, 2.75) is 18.9 Å². The lowest BCUT2D eigenvalue weighted by Crippen LogP contribution is -2.42. The number of methoxy groups -OCH3 is 2. The van der Waals surface area contributed by atoms with Gasteiger partial charge in [0, 0.05) is 12.0 Å². The average Bonchev–Trinajstić information content (AvgIpc) is 2.57. The number of rotatable bonds is 7. The highest BCUT2D eigenvalue weighted by Crippen LogP contribution is 2.11. The normalized spacial score (nSPS) is 11.3. The lowest BCUT2D eigenvalue weighted by atomic mass is 10.1. The van der Waals surface area contributed by atoms with Crippen molar-refractivity contribution in [1.82, 2.24) is 5.32 Å². The fourth-order valence-electron chi connectivity index (χ4n) is 1.78. The molecule has 0 fully saturated rings. The summed E-state index contributed by atoms with van der Waals surface area (Å²) >= 11 is 0. The second-order valence-corrected chi connectivity index (χ2v) is 4.52. The van der Waals surface area contributed by atoms with Crippen LogP contribution in [-0.2, 0) is 19.1 Å². The Labute approximate surface area is 131 Å². The molecule has 0 saturated heterocycles. The predicted molar refractivity (Wildman–Crippen MR) is 76.3 cm³/mol. The van der Waals surface area contributed by atoms with Gasteiger partial charge in [-0.3, -0.25) is 14.4 Å². The highest BCUT2D eigenvalue weighted by Gasteiger charge is 2.24. The van der Waals surface area contributed by atoms with Crippen LogP contribution >= 0.6 is 0 Å². The molecule has 1 N–H and O–H groups in total. The Kier molecular flexibility index (Phi) is 6.85. The van der Waals surface area contributed by atoms with Crippen molar-refractivity contribution in [3.05, 3.63) is 35.1 Å². The number of carbonyl (C=O) groups excluding carboxylic acids is 4. The number of hydrogen-bond donors (Lipinski definition) is 1. The Morgan fingerprint density at radius 1 is 1.26 bits per heavy atom. The molecule has 1 aromatic carbocycles. The van der Waals surface area contributed by atoms with Crippen molar-refractivity contribution in [2.75, 3.05) is 14.2 Å². The monoisotopic (exact) mass is 325 g/mol. The largest absolute Gasteiger partial charge is 0.469 e. The van der Waals surface area contributed by atoms with Crippen LogP contribution < -0.4 is 5.32 Å². The van der Waals surface area contributed by atoms with Gasteiger partial charge in [-0.25, -0.2) is 9.18 Å². The minimum absolute atomic E-state index is 0.0694. The SMILES string of the molecule is COC(=O)CC[C@@H](NC(=O)c1cc(C=O)ccc1F)C(=O)OC. The van der Waals surface area contributed by atoms with E-state index in [4.69, 9.17) is 0 Å². The molecule has 23 heavy (non-hydrogen) atoms. The zero-order valence-corrected chi connectivity index (χ0v) is 12.6. The van der Waals surface area contributed by atoms with E-state index in [1.54, 1.807) is 0 Å². The third-order valence-electron chi connectivity index (χ3n) is 3.03. The quantitative estimate of drug-likeness (QED) is 0.590. The van der Waals surface area contributed by atoms with Crippen molar-refractivity contribution in [3.8, 4) is 0 Å². The van der Waals surface area contributed by atoms with E-state index in [9.17, 15) is 23.6 Å². The Morgan fingerprint density at radius 3 is 2.52 bits per heavy atom. The molecule has 1 aromatic rings. The number of carbonyl (C=O) groups is 4. The van der Waals surface area contributed by atoms with Gasteiger partial charge in [0.15, 0.2) is 0 Å². The maximum atomic E-state index is 13.7. The Balaban J connectivity index is 2.90. The zero-order valence-electron chi connectivity index (χ0n) is 12.6. The number of amides is 1. The summed E-state index contributed by atoms with van der Waals surface area (Å²) < 4.78 is 22.7. The molecule has 0 aromatic heterocycles. The summed E-state index contributed by atoms with van der Waals surface area (Å²) in [4.78, 5) is 45.6. The van der Waals surface area contributed by atoms with Crippen LogP contribution in [0.25, 0.3) is 0 Å². The minimum atomic E-state index is -1.15. The molecule has 0 saturated carbocycles. The maximum Gasteiger partial charge on any atom is 0.328 e. The molecule has 8 heteroatoms. The fraction of sp³-hybridized carbons (Fsp3) is 0.333. The number of ether oxygens (including phenoxy) is 2. The molecule has 0 heterocycles. The molecule has 0 aliphatic rings. The Hall–Kier alpha value is -2.77. The highest BCUT2D eigenvalue weighted by atomic mass is 19.1. The van der Waals surface area contributed by atoms with E-state index in [-0.39, 0.29) is 24.0 Å². The van der Waals surface area contributed by atoms with Gasteiger partial charge in [-0.15, -0.1) is 0 Å². The molecular formula is C15H16FNO6. The van der Waals surface area contributed by atoms with E-state index in [0.29, 0.717) is 6.29 Å². The molecule has 1 atom stereocenters. The van der Waals surface area contributed by atoms with Crippen LogP contribution in [0.2, 0.25) is 0 Å². The second-order valence-electron chi connectivity index (χ2n) is 4.52. The van der Waals surface area contributed by atoms with E-state index in [0.717, 1.165) is 19.2 Å². The van der Waals surface area contributed by atoms with Crippen LogP contribution in [0.15, 0.2) is 18.2 Å². The summed E-state index contributed by atoms with van der Waals surface area (Å²) in [6.45, 7) is 0.